The molecule has 0 aliphatic rings. The molecule has 0 radical (unpaired) electrons. The Bertz CT molecular complexity index is 2130. The van der Waals surface area contributed by atoms with Gasteiger partial charge in [0.2, 0.25) is 0 Å². The lowest BCUT2D eigenvalue weighted by molar-refractivity contribution is 0.361. The van der Waals surface area contributed by atoms with E-state index in [1.165, 1.54) is 0 Å². The molecule has 0 unspecified atom stereocenters. The lowest BCUT2D eigenvalue weighted by Gasteiger charge is -2.11. The molecule has 12 nitrogen and oxygen atoms in total. The van der Waals surface area contributed by atoms with E-state index in [9.17, 15) is 0 Å². The Morgan fingerprint density at radius 3 is 0.593 bits per heavy atom. The molecule has 0 atom stereocenters. The molecular weight excluding hydrogens is 684 g/mol. The largest absolute Gasteiger partial charge is 0.424 e. The predicted molar refractivity (Wildman–Crippen MR) is 198 cm³/mol. The Labute approximate surface area is 309 Å². The first-order chi connectivity index (χ1) is 26.7. The highest BCUT2D eigenvalue weighted by molar-refractivity contribution is 5.65. The summed E-state index contributed by atoms with van der Waals surface area (Å²) in [5.41, 5.74) is 1.87. The minimum atomic E-state index is 0.00379. The minimum absolute atomic E-state index is 0.00379. The van der Waals surface area contributed by atoms with Gasteiger partial charge in [-0.2, -0.15) is 0 Å². The summed E-state index contributed by atoms with van der Waals surface area (Å²) < 4.78 is 35.5. The lowest BCUT2D eigenvalue weighted by Crippen LogP contribution is -2.01. The Morgan fingerprint density at radius 1 is 0.204 bits per heavy atom. The van der Waals surface area contributed by atoms with Gasteiger partial charge in [0, 0.05) is 0 Å². The van der Waals surface area contributed by atoms with Crippen molar-refractivity contribution in [3.63, 3.8) is 0 Å². The summed E-state index contributed by atoms with van der Waals surface area (Å²) in [6.45, 7) is 0. The van der Waals surface area contributed by atoms with Crippen LogP contribution in [0.5, 0.6) is 70.6 Å². The van der Waals surface area contributed by atoms with Gasteiger partial charge in [0.25, 0.3) is 0 Å². The Kier molecular flexibility index (Phi) is 9.86. The van der Waals surface area contributed by atoms with Crippen molar-refractivity contribution in [2.75, 3.05) is 0 Å². The van der Waals surface area contributed by atoms with Crippen LogP contribution in [0.2, 0.25) is 0 Å². The summed E-state index contributed by atoms with van der Waals surface area (Å²) >= 11 is 0. The minimum Gasteiger partial charge on any atom is -0.424 e. The van der Waals surface area contributed by atoms with E-state index in [4.69, 9.17) is 28.4 Å². The molecule has 0 saturated heterocycles. The molecule has 8 rings (SSSR count). The molecule has 6 aromatic carbocycles. The van der Waals surface area contributed by atoms with Crippen LogP contribution in [-0.4, -0.2) is 29.9 Å². The third kappa shape index (κ3) is 8.89. The first-order valence-corrected chi connectivity index (χ1v) is 16.7. The van der Waals surface area contributed by atoms with Crippen LogP contribution in [-0.2, 0) is 0 Å². The number of benzene rings is 6. The quantitative estimate of drug-likeness (QED) is 0.113. The van der Waals surface area contributed by atoms with E-state index in [1.807, 2.05) is 121 Å². The monoisotopic (exact) mass is 712 g/mol. The third-order valence-electron chi connectivity index (χ3n) is 7.42. The standard InChI is InChI=1S/C42H28N6O6/c1-5-13-31(14-6-1)49-37-43-38(50-32-15-7-2-8-16-32)46-41(45-37)53-35-25-21-29(22-26-35)30-23-27-36(28-24-30)54-42-47-39(51-33-17-9-3-10-18-33)44-40(48-42)52-34-19-11-4-12-20-34/h1-28H. The highest BCUT2D eigenvalue weighted by Crippen LogP contribution is 2.31. The van der Waals surface area contributed by atoms with Crippen LogP contribution in [0.15, 0.2) is 170 Å². The lowest BCUT2D eigenvalue weighted by atomic mass is 10.1. The number of ether oxygens (including phenoxy) is 6. The van der Waals surface area contributed by atoms with E-state index in [0.29, 0.717) is 34.5 Å². The van der Waals surface area contributed by atoms with Crippen LogP contribution in [0.3, 0.4) is 0 Å². The summed E-state index contributed by atoms with van der Waals surface area (Å²) in [6.07, 6.45) is 0. The predicted octanol–water partition coefficient (Wildman–Crippen LogP) is 10.5. The summed E-state index contributed by atoms with van der Waals surface area (Å²) in [6, 6.07) is 51.7. The second-order valence-corrected chi connectivity index (χ2v) is 11.3. The first kappa shape index (κ1) is 33.3. The number of nitrogens with zero attached hydrogens (tertiary/aromatic N) is 6. The fraction of sp³-hybridized carbons (Fsp3) is 0. The number of rotatable bonds is 13. The molecule has 8 aromatic rings. The average molecular weight is 713 g/mol. The fourth-order valence-electron chi connectivity index (χ4n) is 4.93. The average Bonchev–Trinajstić information content (AvgIpc) is 3.20. The smallest absolute Gasteiger partial charge is 0.331 e. The molecule has 12 heteroatoms. The molecule has 2 aromatic heterocycles. The van der Waals surface area contributed by atoms with Crippen molar-refractivity contribution in [1.29, 1.82) is 0 Å². The van der Waals surface area contributed by atoms with E-state index in [1.54, 1.807) is 48.5 Å². The van der Waals surface area contributed by atoms with Crippen LogP contribution < -0.4 is 28.4 Å². The van der Waals surface area contributed by atoms with E-state index >= 15 is 0 Å². The van der Waals surface area contributed by atoms with Gasteiger partial charge in [-0.1, -0.05) is 97.1 Å². The van der Waals surface area contributed by atoms with Gasteiger partial charge in [0.1, 0.15) is 34.5 Å². The second kappa shape index (κ2) is 16.0. The summed E-state index contributed by atoms with van der Waals surface area (Å²) in [7, 11) is 0. The van der Waals surface area contributed by atoms with E-state index in [0.717, 1.165) is 11.1 Å². The van der Waals surface area contributed by atoms with Gasteiger partial charge >= 0.3 is 36.1 Å². The van der Waals surface area contributed by atoms with Crippen molar-refractivity contribution in [2.24, 2.45) is 0 Å². The zero-order valence-corrected chi connectivity index (χ0v) is 28.3. The van der Waals surface area contributed by atoms with Crippen molar-refractivity contribution in [3.05, 3.63) is 170 Å². The van der Waals surface area contributed by atoms with Crippen molar-refractivity contribution >= 4 is 0 Å². The van der Waals surface area contributed by atoms with Gasteiger partial charge < -0.3 is 28.4 Å². The molecule has 0 spiro atoms. The van der Waals surface area contributed by atoms with Gasteiger partial charge in [0.05, 0.1) is 0 Å². The molecule has 0 aliphatic heterocycles. The molecule has 0 saturated carbocycles. The van der Waals surface area contributed by atoms with Gasteiger partial charge in [-0.25, -0.2) is 0 Å². The summed E-state index contributed by atoms with van der Waals surface area (Å²) in [5, 5.41) is 0. The van der Waals surface area contributed by atoms with Crippen LogP contribution >= 0.6 is 0 Å². The number of hydrogen-bond acceptors (Lipinski definition) is 12. The van der Waals surface area contributed by atoms with E-state index in [2.05, 4.69) is 29.9 Å². The molecule has 0 aliphatic carbocycles. The zero-order chi connectivity index (χ0) is 36.4. The second-order valence-electron chi connectivity index (χ2n) is 11.3. The normalized spacial score (nSPS) is 10.6. The highest BCUT2D eigenvalue weighted by atomic mass is 16.5. The molecule has 262 valence electrons. The first-order valence-electron chi connectivity index (χ1n) is 16.7. The highest BCUT2D eigenvalue weighted by Gasteiger charge is 2.15. The van der Waals surface area contributed by atoms with Crippen molar-refractivity contribution in [3.8, 4) is 81.7 Å². The van der Waals surface area contributed by atoms with Gasteiger partial charge in [0.15, 0.2) is 0 Å². The Hall–Kier alpha value is -7.86. The SMILES string of the molecule is c1ccc(Oc2nc(Oc3ccccc3)nc(Oc3ccc(-c4ccc(Oc5nc(Oc6ccccc6)nc(Oc6ccccc6)n5)cc4)cc3)n2)cc1. The zero-order valence-electron chi connectivity index (χ0n) is 28.3. The molecule has 2 heterocycles. The van der Waals surface area contributed by atoms with Crippen molar-refractivity contribution < 1.29 is 28.4 Å². The molecule has 54 heavy (non-hydrogen) atoms. The maximum atomic E-state index is 6.02. The van der Waals surface area contributed by atoms with Gasteiger partial charge in [-0.05, 0) is 83.9 Å². The van der Waals surface area contributed by atoms with E-state index < -0.39 is 0 Å². The molecule has 0 amide bonds. The molecule has 0 fully saturated rings. The topological polar surface area (TPSA) is 133 Å². The summed E-state index contributed by atoms with van der Waals surface area (Å²) in [5.74, 6) is 3.21. The molecule has 0 bridgehead atoms. The van der Waals surface area contributed by atoms with Crippen molar-refractivity contribution in [2.45, 2.75) is 0 Å². The van der Waals surface area contributed by atoms with Crippen LogP contribution in [0.1, 0.15) is 0 Å². The maximum absolute atomic E-state index is 6.02. The van der Waals surface area contributed by atoms with Crippen molar-refractivity contribution in [1.82, 2.24) is 29.9 Å². The number of hydrogen-bond donors (Lipinski definition) is 0. The van der Waals surface area contributed by atoms with Crippen LogP contribution in [0.25, 0.3) is 11.1 Å². The third-order valence-corrected chi connectivity index (χ3v) is 7.42. The summed E-state index contributed by atoms with van der Waals surface area (Å²) in [4.78, 5) is 26.0. The Morgan fingerprint density at radius 2 is 0.389 bits per heavy atom. The number of aromatic nitrogens is 6. The van der Waals surface area contributed by atoms with Crippen LogP contribution in [0.4, 0.5) is 0 Å². The van der Waals surface area contributed by atoms with Gasteiger partial charge in [-0.3, -0.25) is 0 Å². The maximum Gasteiger partial charge on any atom is 0.331 e. The Balaban J connectivity index is 0.971. The molecular formula is C42H28N6O6. The fourth-order valence-corrected chi connectivity index (χ4v) is 4.93. The number of para-hydroxylation sites is 4. The van der Waals surface area contributed by atoms with Gasteiger partial charge in [-0.15, -0.1) is 29.9 Å². The molecule has 0 N–H and O–H groups in total. The van der Waals surface area contributed by atoms with E-state index in [-0.39, 0.29) is 36.1 Å². The van der Waals surface area contributed by atoms with Crippen LogP contribution in [0, 0.1) is 0 Å².